The minimum Gasteiger partial charge on any atom is -0.254 e. The van der Waals surface area contributed by atoms with Gasteiger partial charge in [-0.2, -0.15) is 0 Å². The minimum atomic E-state index is -0.0915. The number of pyridine rings is 1. The Morgan fingerprint density at radius 3 is 3.18 bits per heavy atom. The van der Waals surface area contributed by atoms with E-state index in [-0.39, 0.29) is 21.0 Å². The molecule has 0 fully saturated rings. The highest BCUT2D eigenvalue weighted by atomic mass is 127. The molecule has 1 aliphatic heterocycles. The van der Waals surface area contributed by atoms with E-state index in [1.807, 2.05) is 18.3 Å². The first-order valence-corrected chi connectivity index (χ1v) is 5.55. The molecular formula is C8H7IN2. The predicted octanol–water partition coefficient (Wildman–Crippen LogP) is 0.573. The first-order valence-electron chi connectivity index (χ1n) is 3.34. The van der Waals surface area contributed by atoms with Crippen LogP contribution >= 0.6 is 21.0 Å². The summed E-state index contributed by atoms with van der Waals surface area (Å²) in [6, 6.07) is 3.96. The highest BCUT2D eigenvalue weighted by molar-refractivity contribution is 14.2. The molecule has 0 saturated heterocycles. The Morgan fingerprint density at radius 1 is 1.45 bits per heavy atom. The molecular weight excluding hydrogens is 251 g/mol. The summed E-state index contributed by atoms with van der Waals surface area (Å²) in [7, 11) is 0. The van der Waals surface area contributed by atoms with Gasteiger partial charge in [0.25, 0.3) is 0 Å². The molecule has 0 amide bonds. The van der Waals surface area contributed by atoms with Crippen molar-refractivity contribution < 1.29 is 0 Å². The van der Waals surface area contributed by atoms with Crippen LogP contribution < -0.4 is 10.7 Å². The van der Waals surface area contributed by atoms with E-state index in [1.165, 1.54) is 5.57 Å². The van der Waals surface area contributed by atoms with Crippen LogP contribution in [-0.2, 0) is 0 Å². The number of aromatic nitrogens is 1. The quantitative estimate of drug-likeness (QED) is 0.625. The largest absolute Gasteiger partial charge is 0.254 e. The van der Waals surface area contributed by atoms with Crippen LogP contribution in [0.25, 0.3) is 5.57 Å². The van der Waals surface area contributed by atoms with Gasteiger partial charge in [0, 0.05) is 27.2 Å². The SMILES string of the molecule is CC1=c2ncccc2=NI=C1. The van der Waals surface area contributed by atoms with Gasteiger partial charge >= 0.3 is 0 Å². The van der Waals surface area contributed by atoms with Crippen molar-refractivity contribution in [1.29, 1.82) is 0 Å². The zero-order valence-electron chi connectivity index (χ0n) is 6.08. The van der Waals surface area contributed by atoms with Gasteiger partial charge in [0.1, 0.15) is 0 Å². The molecule has 0 spiro atoms. The minimum absolute atomic E-state index is 0.0915. The molecule has 1 aliphatic rings. The molecule has 2 nitrogen and oxygen atoms in total. The van der Waals surface area contributed by atoms with E-state index in [9.17, 15) is 0 Å². The lowest BCUT2D eigenvalue weighted by Gasteiger charge is -1.95. The molecule has 2 rings (SSSR count). The Balaban J connectivity index is 2.97. The highest BCUT2D eigenvalue weighted by Crippen LogP contribution is 2.01. The molecule has 0 radical (unpaired) electrons. The van der Waals surface area contributed by atoms with E-state index in [4.69, 9.17) is 0 Å². The van der Waals surface area contributed by atoms with E-state index < -0.39 is 0 Å². The maximum atomic E-state index is 4.41. The zero-order valence-corrected chi connectivity index (χ0v) is 8.24. The molecule has 1 aromatic heterocycles. The number of rotatable bonds is 0. The van der Waals surface area contributed by atoms with Gasteiger partial charge in [-0.3, -0.25) is 4.98 Å². The van der Waals surface area contributed by atoms with Crippen LogP contribution in [0, 0.1) is 0 Å². The average molecular weight is 258 g/mol. The molecule has 0 aromatic carbocycles. The van der Waals surface area contributed by atoms with Crippen molar-refractivity contribution in [2.45, 2.75) is 6.92 Å². The third-order valence-corrected chi connectivity index (χ3v) is 3.52. The van der Waals surface area contributed by atoms with Crippen LogP contribution in [0.1, 0.15) is 6.92 Å². The van der Waals surface area contributed by atoms with Gasteiger partial charge < -0.3 is 0 Å². The monoisotopic (exact) mass is 258 g/mol. The lowest BCUT2D eigenvalue weighted by atomic mass is 10.3. The molecule has 0 aliphatic carbocycles. The van der Waals surface area contributed by atoms with Gasteiger partial charge in [-0.05, 0) is 28.6 Å². The molecule has 0 unspecified atom stereocenters. The smallest absolute Gasteiger partial charge is 0.0951 e. The van der Waals surface area contributed by atoms with Crippen molar-refractivity contribution in [3.05, 3.63) is 29.0 Å². The first kappa shape index (κ1) is 7.09. The lowest BCUT2D eigenvalue weighted by Crippen LogP contribution is -2.30. The van der Waals surface area contributed by atoms with Crippen molar-refractivity contribution in [2.75, 3.05) is 0 Å². The highest BCUT2D eigenvalue weighted by Gasteiger charge is 1.94. The molecule has 3 heteroatoms. The van der Waals surface area contributed by atoms with Crippen LogP contribution in [0.4, 0.5) is 0 Å². The fourth-order valence-corrected chi connectivity index (χ4v) is 2.51. The second-order valence-corrected chi connectivity index (χ2v) is 4.01. The van der Waals surface area contributed by atoms with Gasteiger partial charge in [0.05, 0.1) is 10.7 Å². The van der Waals surface area contributed by atoms with Gasteiger partial charge in [-0.25, -0.2) is 3.21 Å². The summed E-state index contributed by atoms with van der Waals surface area (Å²) in [6.07, 6.45) is 1.81. The Labute approximate surface area is 74.8 Å². The second kappa shape index (κ2) is 2.81. The first-order chi connectivity index (χ1) is 5.38. The fourth-order valence-electron chi connectivity index (χ4n) is 0.971. The topological polar surface area (TPSA) is 25.2 Å². The molecule has 11 heavy (non-hydrogen) atoms. The second-order valence-electron chi connectivity index (χ2n) is 2.35. The van der Waals surface area contributed by atoms with Crippen LogP contribution in [-0.4, -0.2) is 9.00 Å². The summed E-state index contributed by atoms with van der Waals surface area (Å²) in [6.45, 7) is 2.10. The van der Waals surface area contributed by atoms with E-state index in [2.05, 4.69) is 19.1 Å². The lowest BCUT2D eigenvalue weighted by molar-refractivity contribution is 1.18. The Hall–Kier alpha value is -0.580. The maximum Gasteiger partial charge on any atom is 0.0951 e. The number of hydrogen-bond donors (Lipinski definition) is 0. The van der Waals surface area contributed by atoms with E-state index in [0.29, 0.717) is 0 Å². The summed E-state index contributed by atoms with van der Waals surface area (Å²) >= 11 is -0.0915. The summed E-state index contributed by atoms with van der Waals surface area (Å²) in [4.78, 5) is 4.26. The van der Waals surface area contributed by atoms with Crippen molar-refractivity contribution in [1.82, 2.24) is 4.98 Å². The van der Waals surface area contributed by atoms with Crippen molar-refractivity contribution in [2.24, 2.45) is 3.21 Å². The summed E-state index contributed by atoms with van der Waals surface area (Å²) < 4.78 is 6.62. The molecule has 0 bridgehead atoms. The average Bonchev–Trinajstić information content (AvgIpc) is 2.06. The predicted molar refractivity (Wildman–Crippen MR) is 54.2 cm³/mol. The van der Waals surface area contributed by atoms with Crippen LogP contribution in [0.5, 0.6) is 0 Å². The van der Waals surface area contributed by atoms with E-state index in [1.54, 1.807) is 0 Å². The third kappa shape index (κ3) is 1.24. The molecule has 0 atom stereocenters. The molecule has 1 aromatic rings. The van der Waals surface area contributed by atoms with Crippen molar-refractivity contribution in [3.8, 4) is 0 Å². The van der Waals surface area contributed by atoms with Crippen LogP contribution in [0.15, 0.2) is 21.5 Å². The standard InChI is InChI=1S/C8H7IN2/c1-6-5-9-11-7-3-2-4-10-8(6)7/h2-5H,1H3. The third-order valence-electron chi connectivity index (χ3n) is 1.51. The van der Waals surface area contributed by atoms with E-state index >= 15 is 0 Å². The number of hydrogen-bond acceptors (Lipinski definition) is 2. The Kier molecular flexibility index (Phi) is 1.81. The van der Waals surface area contributed by atoms with E-state index in [0.717, 1.165) is 10.7 Å². The molecule has 0 saturated carbocycles. The summed E-state index contributed by atoms with van der Waals surface area (Å²) in [5, 5.41) is 2.12. The zero-order chi connectivity index (χ0) is 7.68. The van der Waals surface area contributed by atoms with Gasteiger partial charge in [-0.15, -0.1) is 0 Å². The number of nitrogens with zero attached hydrogens (tertiary/aromatic N) is 2. The number of halogens is 1. The van der Waals surface area contributed by atoms with Gasteiger partial charge in [0.15, 0.2) is 0 Å². The van der Waals surface area contributed by atoms with Crippen molar-refractivity contribution >= 4 is 30.6 Å². The molecule has 2 heterocycles. The maximum absolute atomic E-state index is 4.41. The van der Waals surface area contributed by atoms with Crippen molar-refractivity contribution in [3.63, 3.8) is 0 Å². The Bertz CT molecular complexity index is 420. The number of fused-ring (bicyclic) bond motifs is 1. The molecule has 0 N–H and O–H groups in total. The summed E-state index contributed by atoms with van der Waals surface area (Å²) in [5.41, 5.74) is 1.28. The fraction of sp³-hybridized carbons (Fsp3) is 0.125. The Morgan fingerprint density at radius 2 is 2.36 bits per heavy atom. The normalized spacial score (nSPS) is 14.8. The van der Waals surface area contributed by atoms with Gasteiger partial charge in [0.2, 0.25) is 0 Å². The van der Waals surface area contributed by atoms with Crippen LogP contribution in [0.2, 0.25) is 0 Å². The van der Waals surface area contributed by atoms with Gasteiger partial charge in [-0.1, -0.05) is 0 Å². The summed E-state index contributed by atoms with van der Waals surface area (Å²) in [5.74, 6) is 0. The molecule has 56 valence electrons. The van der Waals surface area contributed by atoms with Crippen LogP contribution in [0.3, 0.4) is 0 Å².